The van der Waals surface area contributed by atoms with Gasteiger partial charge in [0.15, 0.2) is 0 Å². The molecule has 2 N–H and O–H groups in total. The molecule has 4 aliphatic rings. The van der Waals surface area contributed by atoms with E-state index < -0.39 is 6.10 Å². The third kappa shape index (κ3) is 3.70. The zero-order chi connectivity index (χ0) is 23.3. The third-order valence-electron chi connectivity index (χ3n) is 10.8. The van der Waals surface area contributed by atoms with Crippen molar-refractivity contribution in [2.45, 2.75) is 96.9 Å². The van der Waals surface area contributed by atoms with Crippen molar-refractivity contribution in [3.63, 3.8) is 0 Å². The van der Waals surface area contributed by atoms with Crippen LogP contribution in [0, 0.1) is 46.3 Å². The molecule has 0 aromatic rings. The highest BCUT2D eigenvalue weighted by Crippen LogP contribution is 2.68. The Labute approximate surface area is 192 Å². The fourth-order valence-electron chi connectivity index (χ4n) is 8.97. The number of aliphatic hydroxyl groups is 2. The van der Waals surface area contributed by atoms with Gasteiger partial charge in [-0.15, -0.1) is 0 Å². The van der Waals surface area contributed by atoms with Crippen molar-refractivity contribution in [1.82, 2.24) is 0 Å². The number of hydrogen-bond acceptors (Lipinski definition) is 6. The Morgan fingerprint density at radius 2 is 1.88 bits per heavy atom. The molecule has 11 atom stereocenters. The summed E-state index contributed by atoms with van der Waals surface area (Å²) in [5.74, 6) is 1.65. The smallest absolute Gasteiger partial charge is 0.305 e. The standard InChI is InChI=1S/C26H42O6/c1-15(5-8-23(30)31-4)18-6-7-19-24-20(13-22(29)26(18,19)3)25(2)10-9-17(32-14-27)11-16(25)12-21(24)28/h14-22,24,28-29H,5-13H2,1-4H3/t15-,16+,17+,18?,19+,20?,21-,22+,24?,25+,26-/m1/s1. The number of esters is 1. The van der Waals surface area contributed by atoms with Gasteiger partial charge in [0, 0.05) is 6.42 Å². The summed E-state index contributed by atoms with van der Waals surface area (Å²) in [6, 6.07) is 0. The molecular formula is C26H42O6. The monoisotopic (exact) mass is 450 g/mol. The highest BCUT2D eigenvalue weighted by atomic mass is 16.5. The molecule has 4 fully saturated rings. The normalized spacial score (nSPS) is 48.7. The maximum Gasteiger partial charge on any atom is 0.305 e. The molecule has 4 saturated carbocycles. The summed E-state index contributed by atoms with van der Waals surface area (Å²) in [7, 11) is 1.43. The van der Waals surface area contributed by atoms with Gasteiger partial charge >= 0.3 is 5.97 Å². The Hall–Kier alpha value is -1.14. The van der Waals surface area contributed by atoms with Crippen LogP contribution in [-0.4, -0.2) is 48.1 Å². The predicted octanol–water partition coefficient (Wildman–Crippen LogP) is 3.72. The molecule has 0 aromatic heterocycles. The molecule has 3 unspecified atom stereocenters. The fraction of sp³-hybridized carbons (Fsp3) is 0.923. The van der Waals surface area contributed by atoms with Gasteiger partial charge in [-0.2, -0.15) is 0 Å². The Morgan fingerprint density at radius 3 is 2.56 bits per heavy atom. The summed E-state index contributed by atoms with van der Waals surface area (Å²) in [4.78, 5) is 22.6. The van der Waals surface area contributed by atoms with Crippen LogP contribution in [0.25, 0.3) is 0 Å². The van der Waals surface area contributed by atoms with Gasteiger partial charge in [0.25, 0.3) is 6.47 Å². The lowest BCUT2D eigenvalue weighted by Crippen LogP contribution is -2.62. The van der Waals surface area contributed by atoms with Crippen molar-refractivity contribution in [3.8, 4) is 0 Å². The van der Waals surface area contributed by atoms with Gasteiger partial charge in [-0.05, 0) is 97.7 Å². The van der Waals surface area contributed by atoms with Crippen molar-refractivity contribution in [3.05, 3.63) is 0 Å². The van der Waals surface area contributed by atoms with Crippen LogP contribution < -0.4 is 0 Å². The Morgan fingerprint density at radius 1 is 1.12 bits per heavy atom. The molecule has 4 aliphatic carbocycles. The molecule has 6 nitrogen and oxygen atoms in total. The minimum Gasteiger partial charge on any atom is -0.469 e. The third-order valence-corrected chi connectivity index (χ3v) is 10.8. The first-order valence-electron chi connectivity index (χ1n) is 12.7. The van der Waals surface area contributed by atoms with Crippen LogP contribution in [0.1, 0.15) is 78.6 Å². The second-order valence-corrected chi connectivity index (χ2v) is 11.8. The number of carbonyl (C=O) groups excluding carboxylic acids is 2. The summed E-state index contributed by atoms with van der Waals surface area (Å²) in [5, 5.41) is 23.0. The number of aliphatic hydroxyl groups excluding tert-OH is 2. The van der Waals surface area contributed by atoms with Crippen molar-refractivity contribution in [1.29, 1.82) is 0 Å². The Balaban J connectivity index is 1.55. The second-order valence-electron chi connectivity index (χ2n) is 11.8. The fourth-order valence-corrected chi connectivity index (χ4v) is 8.97. The molecule has 32 heavy (non-hydrogen) atoms. The van der Waals surface area contributed by atoms with Gasteiger partial charge in [0.05, 0.1) is 19.3 Å². The maximum atomic E-state index is 11.7. The maximum absolute atomic E-state index is 11.7. The average Bonchev–Trinajstić information content (AvgIpc) is 3.12. The highest BCUT2D eigenvalue weighted by molar-refractivity contribution is 5.69. The van der Waals surface area contributed by atoms with Crippen molar-refractivity contribution < 1.29 is 29.3 Å². The van der Waals surface area contributed by atoms with Crippen LogP contribution in [-0.2, 0) is 19.1 Å². The predicted molar refractivity (Wildman–Crippen MR) is 119 cm³/mol. The molecule has 6 heteroatoms. The van der Waals surface area contributed by atoms with Crippen LogP contribution in [0.4, 0.5) is 0 Å². The number of carbonyl (C=O) groups is 2. The first kappa shape index (κ1) is 24.0. The van der Waals surface area contributed by atoms with Gasteiger partial charge in [0.1, 0.15) is 6.10 Å². The van der Waals surface area contributed by atoms with Crippen molar-refractivity contribution in [2.24, 2.45) is 46.3 Å². The summed E-state index contributed by atoms with van der Waals surface area (Å²) in [5.41, 5.74) is -0.151. The van der Waals surface area contributed by atoms with E-state index in [2.05, 4.69) is 20.8 Å². The lowest BCUT2D eigenvalue weighted by atomic mass is 9.43. The number of hydrogen-bond donors (Lipinski definition) is 2. The molecule has 0 radical (unpaired) electrons. The first-order valence-corrected chi connectivity index (χ1v) is 12.7. The summed E-state index contributed by atoms with van der Waals surface area (Å²) in [6.45, 7) is 7.38. The van der Waals surface area contributed by atoms with Gasteiger partial charge in [-0.3, -0.25) is 9.59 Å². The van der Waals surface area contributed by atoms with E-state index >= 15 is 0 Å². The SMILES string of the molecule is COC(=O)CC[C@@H](C)C1CC[C@H]2C3C(C[C@H](O)[C@]12C)[C@@]1(C)CC[C@H](OC=O)C[C@H]1C[C@H]3O. The molecule has 0 spiro atoms. The molecule has 0 aromatic carbocycles. The summed E-state index contributed by atoms with van der Waals surface area (Å²) >= 11 is 0. The van der Waals surface area contributed by atoms with Crippen LogP contribution in [0.3, 0.4) is 0 Å². The number of methoxy groups -OCH3 is 1. The van der Waals surface area contributed by atoms with E-state index in [4.69, 9.17) is 9.47 Å². The first-order chi connectivity index (χ1) is 15.2. The van der Waals surface area contributed by atoms with Gasteiger partial charge in [-0.1, -0.05) is 20.8 Å². The van der Waals surface area contributed by atoms with Crippen LogP contribution in [0.2, 0.25) is 0 Å². The lowest BCUT2D eigenvalue weighted by Gasteiger charge is -2.63. The van der Waals surface area contributed by atoms with E-state index in [0.717, 1.165) is 51.4 Å². The van der Waals surface area contributed by atoms with E-state index in [1.807, 2.05) is 0 Å². The second kappa shape index (κ2) is 8.90. The van der Waals surface area contributed by atoms with E-state index in [1.54, 1.807) is 0 Å². The van der Waals surface area contributed by atoms with Crippen LogP contribution >= 0.6 is 0 Å². The molecule has 0 saturated heterocycles. The van der Waals surface area contributed by atoms with Crippen molar-refractivity contribution in [2.75, 3.05) is 7.11 Å². The number of fused-ring (bicyclic) bond motifs is 5. The average molecular weight is 451 g/mol. The van der Waals surface area contributed by atoms with Crippen molar-refractivity contribution >= 4 is 12.4 Å². The highest BCUT2D eigenvalue weighted by Gasteiger charge is 2.65. The molecule has 4 rings (SSSR count). The van der Waals surface area contributed by atoms with Crippen LogP contribution in [0.5, 0.6) is 0 Å². The van der Waals surface area contributed by atoms with E-state index in [-0.39, 0.29) is 34.9 Å². The number of rotatable bonds is 6. The lowest BCUT2D eigenvalue weighted by molar-refractivity contribution is -0.208. The van der Waals surface area contributed by atoms with E-state index in [1.165, 1.54) is 7.11 Å². The quantitative estimate of drug-likeness (QED) is 0.473. The minimum atomic E-state index is -0.395. The zero-order valence-electron chi connectivity index (χ0n) is 20.2. The molecule has 0 amide bonds. The van der Waals surface area contributed by atoms with Crippen LogP contribution in [0.15, 0.2) is 0 Å². The van der Waals surface area contributed by atoms with Gasteiger partial charge < -0.3 is 19.7 Å². The molecule has 182 valence electrons. The zero-order valence-corrected chi connectivity index (χ0v) is 20.2. The Bertz CT molecular complexity index is 710. The minimum absolute atomic E-state index is 0.0420. The molecule has 0 heterocycles. The topological polar surface area (TPSA) is 93.1 Å². The number of ether oxygens (including phenoxy) is 2. The summed E-state index contributed by atoms with van der Waals surface area (Å²) in [6.07, 6.45) is 6.66. The largest absolute Gasteiger partial charge is 0.469 e. The van der Waals surface area contributed by atoms with E-state index in [9.17, 15) is 19.8 Å². The van der Waals surface area contributed by atoms with Gasteiger partial charge in [-0.25, -0.2) is 0 Å². The molecule has 0 aliphatic heterocycles. The summed E-state index contributed by atoms with van der Waals surface area (Å²) < 4.78 is 10.1. The molecule has 0 bridgehead atoms. The molecular weight excluding hydrogens is 408 g/mol. The Kier molecular flexibility index (Phi) is 6.68. The van der Waals surface area contributed by atoms with E-state index in [0.29, 0.717) is 42.5 Å². The van der Waals surface area contributed by atoms with Gasteiger partial charge in [0.2, 0.25) is 0 Å².